The predicted molar refractivity (Wildman–Crippen MR) is 19.5 cm³/mol. The second kappa shape index (κ2) is 0.500. The lowest BCUT2D eigenvalue weighted by molar-refractivity contribution is 0.352. The van der Waals surface area contributed by atoms with Gasteiger partial charge in [0.2, 0.25) is 0 Å². The Hall–Kier alpha value is -0.170. The fourth-order valence-electron chi connectivity index (χ4n) is 0.118. The van der Waals surface area contributed by atoms with E-state index >= 15 is 0 Å². The molecular formula is C4H7O+. The molecular weight excluding hydrogens is 64.0 g/mol. The molecule has 1 saturated heterocycles. The molecule has 1 heterocycles. The monoisotopic (exact) mass is 71.0 g/mol. The van der Waals surface area contributed by atoms with Crippen molar-refractivity contribution in [3.63, 3.8) is 0 Å². The summed E-state index contributed by atoms with van der Waals surface area (Å²) < 4.78 is 4.77. The minimum absolute atomic E-state index is 0.125. The predicted octanol–water partition coefficient (Wildman–Crippen LogP) is 0.957. The zero-order chi connectivity index (χ0) is 3.91. The largest absolute Gasteiger partial charge is 0.279 e. The number of rotatable bonds is 0. The quantitative estimate of drug-likeness (QED) is 0.306. The van der Waals surface area contributed by atoms with Crippen molar-refractivity contribution in [2.45, 2.75) is 19.4 Å². The van der Waals surface area contributed by atoms with Crippen LogP contribution in [0.3, 0.4) is 0 Å². The van der Waals surface area contributed by atoms with E-state index < -0.39 is 0 Å². The summed E-state index contributed by atoms with van der Waals surface area (Å²) in [6.07, 6.45) is 0. The van der Waals surface area contributed by atoms with Crippen molar-refractivity contribution in [1.29, 1.82) is 0 Å². The van der Waals surface area contributed by atoms with Crippen molar-refractivity contribution in [1.82, 2.24) is 0 Å². The molecule has 1 nitrogen and oxygen atoms in total. The molecule has 0 radical (unpaired) electrons. The maximum atomic E-state index is 4.77. The topological polar surface area (TPSA) is 12.5 Å². The SMILES string of the molecule is CC1(C)[CH+]O1. The second-order valence-electron chi connectivity index (χ2n) is 1.84. The summed E-state index contributed by atoms with van der Waals surface area (Å²) in [5.41, 5.74) is 0.125. The van der Waals surface area contributed by atoms with Gasteiger partial charge in [-0.3, -0.25) is 0 Å². The van der Waals surface area contributed by atoms with Gasteiger partial charge < -0.3 is 0 Å². The molecule has 1 aliphatic heterocycles. The lowest BCUT2D eigenvalue weighted by atomic mass is 10.3. The molecule has 0 aromatic carbocycles. The van der Waals surface area contributed by atoms with Crippen LogP contribution in [0, 0.1) is 6.61 Å². The molecule has 0 aromatic rings. The molecule has 1 heteroatoms. The molecule has 0 unspecified atom stereocenters. The van der Waals surface area contributed by atoms with Crippen LogP contribution >= 0.6 is 0 Å². The summed E-state index contributed by atoms with van der Waals surface area (Å²) >= 11 is 0. The number of epoxide rings is 1. The van der Waals surface area contributed by atoms with E-state index in [9.17, 15) is 0 Å². The van der Waals surface area contributed by atoms with Gasteiger partial charge in [-0.15, -0.1) is 4.74 Å². The summed E-state index contributed by atoms with van der Waals surface area (Å²) in [5, 5.41) is 0. The second-order valence-corrected chi connectivity index (χ2v) is 1.84. The van der Waals surface area contributed by atoms with E-state index in [1.807, 2.05) is 20.5 Å². The van der Waals surface area contributed by atoms with Gasteiger partial charge in [0.05, 0.1) is 0 Å². The molecule has 0 atom stereocenters. The van der Waals surface area contributed by atoms with Gasteiger partial charge in [0.15, 0.2) is 0 Å². The molecule has 0 aromatic heterocycles. The molecule has 0 bridgehead atoms. The van der Waals surface area contributed by atoms with Crippen molar-refractivity contribution >= 4 is 0 Å². The third-order valence-electron chi connectivity index (χ3n) is 0.589. The van der Waals surface area contributed by atoms with Crippen LogP contribution in [0.2, 0.25) is 0 Å². The summed E-state index contributed by atoms with van der Waals surface area (Å²) in [7, 11) is 0. The Labute approximate surface area is 31.9 Å². The van der Waals surface area contributed by atoms with E-state index in [2.05, 4.69) is 0 Å². The fraction of sp³-hybridized carbons (Fsp3) is 0.750. The average Bonchev–Trinajstić information content (AvgIpc) is 1.76. The van der Waals surface area contributed by atoms with Gasteiger partial charge in [0, 0.05) is 13.8 Å². The summed E-state index contributed by atoms with van der Waals surface area (Å²) in [4.78, 5) is 0. The molecule has 0 aliphatic carbocycles. The van der Waals surface area contributed by atoms with Crippen LogP contribution in [-0.2, 0) is 4.74 Å². The summed E-state index contributed by atoms with van der Waals surface area (Å²) in [6.45, 7) is 5.85. The third kappa shape index (κ3) is 0.550. The maximum Gasteiger partial charge on any atom is 0.279 e. The average molecular weight is 71.1 g/mol. The van der Waals surface area contributed by atoms with Gasteiger partial charge in [-0.1, -0.05) is 0 Å². The molecule has 28 valence electrons. The first-order chi connectivity index (χ1) is 2.21. The highest BCUT2D eigenvalue weighted by Gasteiger charge is 2.50. The van der Waals surface area contributed by atoms with E-state index in [-0.39, 0.29) is 5.60 Å². The Morgan fingerprint density at radius 2 is 1.80 bits per heavy atom. The molecule has 1 aliphatic rings. The van der Waals surface area contributed by atoms with Crippen molar-refractivity contribution < 1.29 is 4.74 Å². The van der Waals surface area contributed by atoms with Gasteiger partial charge in [-0.2, -0.15) is 0 Å². The lowest BCUT2D eigenvalue weighted by Crippen LogP contribution is -1.88. The van der Waals surface area contributed by atoms with Crippen molar-refractivity contribution in [3.8, 4) is 0 Å². The third-order valence-corrected chi connectivity index (χ3v) is 0.589. The van der Waals surface area contributed by atoms with E-state index in [1.165, 1.54) is 0 Å². The first-order valence-electron chi connectivity index (χ1n) is 1.73. The van der Waals surface area contributed by atoms with Crippen LogP contribution in [0.5, 0.6) is 0 Å². The lowest BCUT2D eigenvalue weighted by Gasteiger charge is -1.66. The summed E-state index contributed by atoms with van der Waals surface area (Å²) in [5.74, 6) is 0. The zero-order valence-corrected chi connectivity index (χ0v) is 3.49. The summed E-state index contributed by atoms with van der Waals surface area (Å²) in [6, 6.07) is 0. The number of ether oxygens (including phenoxy) is 1. The van der Waals surface area contributed by atoms with Crippen LogP contribution in [0.15, 0.2) is 0 Å². The Kier molecular flexibility index (Phi) is 0.304. The number of hydrogen-bond donors (Lipinski definition) is 0. The molecule has 1 fully saturated rings. The van der Waals surface area contributed by atoms with Crippen LogP contribution in [0.1, 0.15) is 13.8 Å². The van der Waals surface area contributed by atoms with Crippen LogP contribution in [-0.4, -0.2) is 5.60 Å². The first kappa shape index (κ1) is 3.04. The van der Waals surface area contributed by atoms with Gasteiger partial charge in [0.1, 0.15) is 0 Å². The smallest absolute Gasteiger partial charge is 0.136 e. The van der Waals surface area contributed by atoms with Crippen LogP contribution < -0.4 is 0 Å². The molecule has 1 rings (SSSR count). The van der Waals surface area contributed by atoms with Gasteiger partial charge in [-0.25, -0.2) is 0 Å². The highest BCUT2D eigenvalue weighted by Crippen LogP contribution is 2.29. The van der Waals surface area contributed by atoms with Crippen LogP contribution in [0.4, 0.5) is 0 Å². The van der Waals surface area contributed by atoms with Gasteiger partial charge in [-0.05, 0) is 0 Å². The van der Waals surface area contributed by atoms with E-state index in [0.717, 1.165) is 0 Å². The van der Waals surface area contributed by atoms with Crippen LogP contribution in [0.25, 0.3) is 0 Å². The highest BCUT2D eigenvalue weighted by molar-refractivity contribution is 4.93. The fourth-order valence-corrected chi connectivity index (χ4v) is 0.118. The Morgan fingerprint density at radius 1 is 1.60 bits per heavy atom. The standard InChI is InChI=1S/C4H7O/c1-4(2)3-5-4/h3H,1-2H3/q+1. The Balaban J connectivity index is 2.38. The van der Waals surface area contributed by atoms with Crippen molar-refractivity contribution in [2.24, 2.45) is 0 Å². The molecule has 0 N–H and O–H groups in total. The number of hydrogen-bond acceptors (Lipinski definition) is 1. The zero-order valence-electron chi connectivity index (χ0n) is 3.49. The molecule has 5 heavy (non-hydrogen) atoms. The molecule has 0 spiro atoms. The highest BCUT2D eigenvalue weighted by atomic mass is 16.6. The Bertz CT molecular complexity index is 41.6. The van der Waals surface area contributed by atoms with E-state index in [0.29, 0.717) is 0 Å². The molecule has 0 saturated carbocycles. The first-order valence-corrected chi connectivity index (χ1v) is 1.73. The van der Waals surface area contributed by atoms with Gasteiger partial charge in [0.25, 0.3) is 12.2 Å². The minimum atomic E-state index is 0.125. The van der Waals surface area contributed by atoms with E-state index in [4.69, 9.17) is 4.74 Å². The van der Waals surface area contributed by atoms with Crippen molar-refractivity contribution in [3.05, 3.63) is 6.61 Å². The minimum Gasteiger partial charge on any atom is -0.136 e. The maximum absolute atomic E-state index is 4.77. The normalized spacial score (nSPS) is 28.4. The van der Waals surface area contributed by atoms with Crippen molar-refractivity contribution in [2.75, 3.05) is 0 Å². The van der Waals surface area contributed by atoms with E-state index in [1.54, 1.807) is 0 Å². The Morgan fingerprint density at radius 3 is 1.80 bits per heavy atom. The van der Waals surface area contributed by atoms with Gasteiger partial charge >= 0.3 is 0 Å². The molecule has 0 amide bonds.